The Balaban J connectivity index is 1.75. The van der Waals surface area contributed by atoms with Gasteiger partial charge < -0.3 is 14.2 Å². The summed E-state index contributed by atoms with van der Waals surface area (Å²) in [5.41, 5.74) is 3.09. The Morgan fingerprint density at radius 1 is 1.03 bits per heavy atom. The molecule has 2 aromatic carbocycles. The van der Waals surface area contributed by atoms with Crippen molar-refractivity contribution in [1.29, 1.82) is 5.26 Å². The van der Waals surface area contributed by atoms with Crippen molar-refractivity contribution >= 4 is 5.82 Å². The Hall–Kier alpha value is -3.83. The summed E-state index contributed by atoms with van der Waals surface area (Å²) in [6.07, 6.45) is 0. The molecule has 0 aliphatic rings. The third-order valence-corrected chi connectivity index (χ3v) is 4.69. The lowest BCUT2D eigenvalue weighted by Gasteiger charge is -2.13. The molecular formula is C25H25FN4O3. The molecule has 0 amide bonds. The predicted molar refractivity (Wildman–Crippen MR) is 121 cm³/mol. The van der Waals surface area contributed by atoms with Crippen LogP contribution in [-0.4, -0.2) is 18.7 Å². The highest BCUT2D eigenvalue weighted by atomic mass is 19.1. The van der Waals surface area contributed by atoms with Crippen LogP contribution < -0.4 is 9.47 Å². The van der Waals surface area contributed by atoms with Crippen LogP contribution in [0.3, 0.4) is 0 Å². The molecule has 0 fully saturated rings. The fourth-order valence-corrected chi connectivity index (χ4v) is 3.18. The molecule has 0 bridgehead atoms. The first-order chi connectivity index (χ1) is 16.0. The normalized spacial score (nSPS) is 10.9. The van der Waals surface area contributed by atoms with Crippen molar-refractivity contribution in [3.63, 3.8) is 0 Å². The summed E-state index contributed by atoms with van der Waals surface area (Å²) < 4.78 is 30.5. The maximum atomic E-state index is 13.9. The first-order valence-corrected chi connectivity index (χ1v) is 10.4. The average molecular weight is 448 g/mol. The van der Waals surface area contributed by atoms with Crippen molar-refractivity contribution in [3.05, 3.63) is 82.3 Å². The van der Waals surface area contributed by atoms with E-state index in [1.54, 1.807) is 37.4 Å². The number of ether oxygens (including phenoxy) is 3. The summed E-state index contributed by atoms with van der Waals surface area (Å²) in [7, 11) is 1.57. The molecule has 170 valence electrons. The first-order valence-electron chi connectivity index (χ1n) is 10.4. The van der Waals surface area contributed by atoms with Gasteiger partial charge in [-0.2, -0.15) is 10.4 Å². The molecule has 0 saturated heterocycles. The van der Waals surface area contributed by atoms with Crippen LogP contribution in [-0.2, 0) is 24.5 Å². The monoisotopic (exact) mass is 448 g/mol. The molecule has 0 N–H and O–H groups in total. The minimum atomic E-state index is -0.317. The molecule has 33 heavy (non-hydrogen) atoms. The Labute approximate surface area is 192 Å². The highest BCUT2D eigenvalue weighted by Crippen LogP contribution is 2.30. The van der Waals surface area contributed by atoms with Gasteiger partial charge in [-0.25, -0.2) is 9.37 Å². The van der Waals surface area contributed by atoms with E-state index in [0.717, 1.165) is 16.8 Å². The summed E-state index contributed by atoms with van der Waals surface area (Å²) >= 11 is 0. The van der Waals surface area contributed by atoms with Crippen molar-refractivity contribution in [1.82, 2.24) is 4.98 Å². The number of pyridine rings is 1. The summed E-state index contributed by atoms with van der Waals surface area (Å²) in [4.78, 5) is 4.33. The first kappa shape index (κ1) is 23.8. The van der Waals surface area contributed by atoms with E-state index in [-0.39, 0.29) is 24.8 Å². The van der Waals surface area contributed by atoms with Gasteiger partial charge in [0.2, 0.25) is 0 Å². The molecule has 0 aliphatic carbocycles. The molecule has 7 nitrogen and oxygen atoms in total. The molecule has 0 aliphatic heterocycles. The van der Waals surface area contributed by atoms with Gasteiger partial charge in [-0.3, -0.25) is 0 Å². The Morgan fingerprint density at radius 2 is 1.85 bits per heavy atom. The van der Waals surface area contributed by atoms with Gasteiger partial charge >= 0.3 is 0 Å². The van der Waals surface area contributed by atoms with Crippen LogP contribution in [0.2, 0.25) is 0 Å². The molecule has 8 heteroatoms. The Bertz CT molecular complexity index is 1170. The van der Waals surface area contributed by atoms with Crippen molar-refractivity contribution in [3.8, 4) is 17.6 Å². The van der Waals surface area contributed by atoms with Crippen molar-refractivity contribution in [2.75, 3.05) is 13.7 Å². The van der Waals surface area contributed by atoms with Gasteiger partial charge in [0.05, 0.1) is 19.8 Å². The van der Waals surface area contributed by atoms with Crippen LogP contribution in [0.5, 0.6) is 11.5 Å². The number of nitrogens with zero attached hydrogens (tertiary/aromatic N) is 4. The fourth-order valence-electron chi connectivity index (χ4n) is 3.18. The number of hydrogen-bond donors (Lipinski definition) is 0. The van der Waals surface area contributed by atoms with Crippen LogP contribution >= 0.6 is 0 Å². The zero-order chi connectivity index (χ0) is 23.6. The van der Waals surface area contributed by atoms with Crippen molar-refractivity contribution in [2.24, 2.45) is 10.2 Å². The number of methoxy groups -OCH3 is 1. The summed E-state index contributed by atoms with van der Waals surface area (Å²) in [5.74, 6) is 0.995. The smallest absolute Gasteiger partial charge is 0.192 e. The number of benzene rings is 2. The molecule has 0 radical (unpaired) electrons. The maximum absolute atomic E-state index is 13.9. The Kier molecular flexibility index (Phi) is 8.44. The molecule has 0 atom stereocenters. The lowest BCUT2D eigenvalue weighted by atomic mass is 10.1. The van der Waals surface area contributed by atoms with E-state index in [1.165, 1.54) is 6.07 Å². The van der Waals surface area contributed by atoms with Crippen LogP contribution in [0.25, 0.3) is 0 Å². The average Bonchev–Trinajstić information content (AvgIpc) is 2.80. The van der Waals surface area contributed by atoms with E-state index in [0.29, 0.717) is 35.8 Å². The lowest BCUT2D eigenvalue weighted by molar-refractivity contribution is 0.184. The second-order valence-electron chi connectivity index (χ2n) is 7.16. The minimum absolute atomic E-state index is 0.0889. The van der Waals surface area contributed by atoms with Gasteiger partial charge in [0.25, 0.3) is 0 Å². The van der Waals surface area contributed by atoms with Crippen molar-refractivity contribution in [2.45, 2.75) is 33.6 Å². The third kappa shape index (κ3) is 6.34. The van der Waals surface area contributed by atoms with E-state index < -0.39 is 0 Å². The van der Waals surface area contributed by atoms with E-state index >= 15 is 0 Å². The van der Waals surface area contributed by atoms with E-state index in [1.807, 2.05) is 26.0 Å². The number of halogens is 1. The third-order valence-electron chi connectivity index (χ3n) is 4.69. The fraction of sp³-hybridized carbons (Fsp3) is 0.280. The molecule has 1 aromatic heterocycles. The van der Waals surface area contributed by atoms with Crippen molar-refractivity contribution < 1.29 is 18.6 Å². The SMILES string of the molecule is CCOc1cc(CN=Nc2nc(C)cc(COC)c2C#N)ccc1OCc1ccccc1F. The highest BCUT2D eigenvalue weighted by Gasteiger charge is 2.12. The van der Waals surface area contributed by atoms with Crippen LogP contribution in [0.4, 0.5) is 10.2 Å². The number of azo groups is 1. The number of nitriles is 1. The zero-order valence-corrected chi connectivity index (χ0v) is 18.8. The quantitative estimate of drug-likeness (QED) is 0.365. The van der Waals surface area contributed by atoms with Crippen LogP contribution in [0, 0.1) is 24.1 Å². The summed E-state index contributed by atoms with van der Waals surface area (Å²) in [6.45, 7) is 4.79. The molecule has 0 saturated carbocycles. The second-order valence-corrected chi connectivity index (χ2v) is 7.16. The summed E-state index contributed by atoms with van der Waals surface area (Å²) in [5, 5.41) is 17.9. The molecule has 3 aromatic rings. The Morgan fingerprint density at radius 3 is 2.58 bits per heavy atom. The second kappa shape index (κ2) is 11.7. The maximum Gasteiger partial charge on any atom is 0.192 e. The van der Waals surface area contributed by atoms with Gasteiger partial charge in [-0.05, 0) is 43.7 Å². The molecule has 3 rings (SSSR count). The van der Waals surface area contributed by atoms with Crippen LogP contribution in [0.1, 0.15) is 34.9 Å². The zero-order valence-electron chi connectivity index (χ0n) is 18.8. The lowest BCUT2D eigenvalue weighted by Crippen LogP contribution is -2.02. The number of aromatic nitrogens is 1. The van der Waals surface area contributed by atoms with Crippen LogP contribution in [0.15, 0.2) is 58.8 Å². The molecule has 0 spiro atoms. The number of hydrogen-bond acceptors (Lipinski definition) is 7. The topological polar surface area (TPSA) is 89.1 Å². The van der Waals surface area contributed by atoms with Gasteiger partial charge in [0, 0.05) is 23.9 Å². The molecule has 0 unspecified atom stereocenters. The predicted octanol–water partition coefficient (Wildman–Crippen LogP) is 5.81. The highest BCUT2D eigenvalue weighted by molar-refractivity contribution is 5.53. The van der Waals surface area contributed by atoms with Gasteiger partial charge in [-0.1, -0.05) is 24.3 Å². The minimum Gasteiger partial charge on any atom is -0.490 e. The molecular weight excluding hydrogens is 423 g/mol. The van der Waals surface area contributed by atoms with Gasteiger partial charge in [0.15, 0.2) is 17.3 Å². The number of aryl methyl sites for hydroxylation is 1. The number of rotatable bonds is 10. The van der Waals surface area contributed by atoms with E-state index in [9.17, 15) is 9.65 Å². The van der Waals surface area contributed by atoms with Gasteiger partial charge in [0.1, 0.15) is 24.1 Å². The summed E-state index contributed by atoms with van der Waals surface area (Å²) in [6, 6.07) is 15.8. The largest absolute Gasteiger partial charge is 0.490 e. The molecule has 1 heterocycles. The van der Waals surface area contributed by atoms with Gasteiger partial charge in [-0.15, -0.1) is 5.11 Å². The van der Waals surface area contributed by atoms with E-state index in [2.05, 4.69) is 21.3 Å². The van der Waals surface area contributed by atoms with E-state index in [4.69, 9.17) is 14.2 Å². The standard InChI is InChI=1S/C25H25FN4O3/c1-4-32-24-12-18(9-10-23(24)33-16-19-7-5-6-8-22(19)26)14-28-30-25-21(13-27)20(15-31-3)11-17(2)29-25/h5-12H,4,14-16H2,1-3H3.